The van der Waals surface area contributed by atoms with Crippen molar-refractivity contribution in [2.75, 3.05) is 13.2 Å². The van der Waals surface area contributed by atoms with Crippen LogP contribution in [0.2, 0.25) is 0 Å². The summed E-state index contributed by atoms with van der Waals surface area (Å²) in [6.07, 6.45) is 2.38. The minimum absolute atomic E-state index is 0.0874. The third-order valence-electron chi connectivity index (χ3n) is 4.73. The van der Waals surface area contributed by atoms with E-state index in [-0.39, 0.29) is 4.90 Å². The zero-order chi connectivity index (χ0) is 20.6. The molecule has 0 unspecified atom stereocenters. The first-order valence-electron chi connectivity index (χ1n) is 9.40. The minimum Gasteiger partial charge on any atom is -0.490 e. The molecule has 2 aromatic heterocycles. The number of hydrogen-bond acceptors (Lipinski definition) is 7. The number of thiazole rings is 1. The molecule has 0 amide bonds. The van der Waals surface area contributed by atoms with Gasteiger partial charge in [-0.2, -0.15) is 4.72 Å². The summed E-state index contributed by atoms with van der Waals surface area (Å²) in [5, 5.41) is 3.28. The van der Waals surface area contributed by atoms with Gasteiger partial charge in [-0.1, -0.05) is 18.2 Å². The van der Waals surface area contributed by atoms with Crippen LogP contribution in [0, 0.1) is 0 Å². The first-order valence-corrected chi connectivity index (χ1v) is 11.8. The summed E-state index contributed by atoms with van der Waals surface area (Å²) >= 11 is 1.35. The molecule has 9 heteroatoms. The van der Waals surface area contributed by atoms with Crippen molar-refractivity contribution >= 4 is 32.3 Å². The number of rotatable bonds is 5. The van der Waals surface area contributed by atoms with Crippen LogP contribution in [0.5, 0.6) is 11.5 Å². The van der Waals surface area contributed by atoms with Crippen molar-refractivity contribution in [2.24, 2.45) is 0 Å². The SMILES string of the molecule is O=S(=O)(N[C@H](c1cc2ccccc2o1)c1nccs1)c1ccc2c(c1)OCCCO2. The van der Waals surface area contributed by atoms with Gasteiger partial charge in [-0.15, -0.1) is 11.3 Å². The summed E-state index contributed by atoms with van der Waals surface area (Å²) in [4.78, 5) is 4.40. The molecule has 0 saturated carbocycles. The van der Waals surface area contributed by atoms with Gasteiger partial charge in [-0.3, -0.25) is 0 Å². The van der Waals surface area contributed by atoms with E-state index < -0.39 is 16.1 Å². The maximum Gasteiger partial charge on any atom is 0.241 e. The lowest BCUT2D eigenvalue weighted by Gasteiger charge is -2.16. The molecule has 0 aliphatic carbocycles. The summed E-state index contributed by atoms with van der Waals surface area (Å²) in [6, 6.07) is 13.2. The maximum atomic E-state index is 13.2. The van der Waals surface area contributed by atoms with Gasteiger partial charge >= 0.3 is 0 Å². The third-order valence-corrected chi connectivity index (χ3v) is 6.99. The van der Waals surface area contributed by atoms with Gasteiger partial charge in [0.1, 0.15) is 22.4 Å². The lowest BCUT2D eigenvalue weighted by atomic mass is 10.2. The predicted molar refractivity (Wildman–Crippen MR) is 113 cm³/mol. The lowest BCUT2D eigenvalue weighted by molar-refractivity contribution is 0.297. The van der Waals surface area contributed by atoms with E-state index in [1.807, 2.05) is 30.3 Å². The molecular weight excluding hydrogens is 424 g/mol. The van der Waals surface area contributed by atoms with Crippen LogP contribution < -0.4 is 14.2 Å². The molecule has 0 bridgehead atoms. The van der Waals surface area contributed by atoms with Gasteiger partial charge < -0.3 is 13.9 Å². The number of furan rings is 1. The predicted octanol–water partition coefficient (Wildman–Crippen LogP) is 4.12. The van der Waals surface area contributed by atoms with E-state index in [2.05, 4.69) is 9.71 Å². The number of para-hydroxylation sites is 1. The molecule has 30 heavy (non-hydrogen) atoms. The Morgan fingerprint density at radius 1 is 1.03 bits per heavy atom. The van der Waals surface area contributed by atoms with E-state index in [4.69, 9.17) is 13.9 Å². The maximum absolute atomic E-state index is 13.2. The number of benzene rings is 2. The standard InChI is InChI=1S/C21H18N2O5S2/c24-30(25,15-6-7-17-18(13-15)27-10-3-9-26-17)23-20(21-22-8-11-29-21)19-12-14-4-1-2-5-16(14)28-19/h1-2,4-8,11-13,20,23H,3,9-10H2/t20-/m1/s1. The fourth-order valence-corrected chi connectivity index (χ4v) is 5.24. The molecule has 154 valence electrons. The van der Waals surface area contributed by atoms with Crippen molar-refractivity contribution in [3.63, 3.8) is 0 Å². The monoisotopic (exact) mass is 442 g/mol. The second-order valence-electron chi connectivity index (χ2n) is 6.77. The number of nitrogens with zero attached hydrogens (tertiary/aromatic N) is 1. The largest absolute Gasteiger partial charge is 0.490 e. The number of nitrogens with one attached hydrogen (secondary N) is 1. The molecule has 0 fully saturated rings. The fourth-order valence-electron chi connectivity index (χ4n) is 3.29. The summed E-state index contributed by atoms with van der Waals surface area (Å²) in [6.45, 7) is 1.01. The van der Waals surface area contributed by atoms with Crippen molar-refractivity contribution in [3.05, 3.63) is 70.9 Å². The lowest BCUT2D eigenvalue weighted by Crippen LogP contribution is -2.29. The fraction of sp³-hybridized carbons (Fsp3) is 0.190. The Balaban J connectivity index is 1.52. The second-order valence-corrected chi connectivity index (χ2v) is 9.41. The van der Waals surface area contributed by atoms with Crippen LogP contribution >= 0.6 is 11.3 Å². The molecule has 1 aliphatic rings. The highest BCUT2D eigenvalue weighted by Crippen LogP contribution is 2.34. The molecule has 1 atom stereocenters. The zero-order valence-corrected chi connectivity index (χ0v) is 17.4. The van der Waals surface area contributed by atoms with E-state index in [9.17, 15) is 8.42 Å². The number of sulfonamides is 1. The Hall–Kier alpha value is -2.88. The van der Waals surface area contributed by atoms with Gasteiger partial charge in [0.05, 0.1) is 18.1 Å². The molecule has 3 heterocycles. The van der Waals surface area contributed by atoms with Gasteiger partial charge in [0.25, 0.3) is 0 Å². The van der Waals surface area contributed by atoms with Crippen LogP contribution in [0.4, 0.5) is 0 Å². The van der Waals surface area contributed by atoms with Gasteiger partial charge in [-0.05, 0) is 24.3 Å². The second kappa shape index (κ2) is 7.75. The van der Waals surface area contributed by atoms with Crippen molar-refractivity contribution in [3.8, 4) is 11.5 Å². The van der Waals surface area contributed by atoms with Crippen molar-refractivity contribution < 1.29 is 22.3 Å². The summed E-state index contributed by atoms with van der Waals surface area (Å²) in [5.41, 5.74) is 0.684. The molecule has 0 radical (unpaired) electrons. The van der Waals surface area contributed by atoms with Crippen molar-refractivity contribution in [2.45, 2.75) is 17.4 Å². The van der Waals surface area contributed by atoms with Crippen molar-refractivity contribution in [1.29, 1.82) is 0 Å². The number of aromatic nitrogens is 1. The number of fused-ring (bicyclic) bond motifs is 2. The first kappa shape index (κ1) is 19.1. The summed E-state index contributed by atoms with van der Waals surface area (Å²) < 4.78 is 46.4. The van der Waals surface area contributed by atoms with Crippen LogP contribution in [0.15, 0.2) is 69.4 Å². The molecule has 2 aromatic carbocycles. The normalized spacial score (nSPS) is 15.1. The Bertz CT molecular complexity index is 1250. The average Bonchev–Trinajstić information content (AvgIpc) is 3.37. The van der Waals surface area contributed by atoms with Crippen LogP contribution in [-0.4, -0.2) is 26.6 Å². The topological polar surface area (TPSA) is 90.7 Å². The highest BCUT2D eigenvalue weighted by Gasteiger charge is 2.28. The molecule has 7 nitrogen and oxygen atoms in total. The molecule has 0 spiro atoms. The van der Waals surface area contributed by atoms with Crippen LogP contribution in [0.1, 0.15) is 23.2 Å². The smallest absolute Gasteiger partial charge is 0.241 e. The van der Waals surface area contributed by atoms with E-state index in [1.165, 1.54) is 23.5 Å². The van der Waals surface area contributed by atoms with E-state index >= 15 is 0 Å². The highest BCUT2D eigenvalue weighted by atomic mass is 32.2. The molecule has 0 saturated heterocycles. The molecule has 4 aromatic rings. The molecule has 1 aliphatic heterocycles. The number of ether oxygens (including phenoxy) is 2. The van der Waals surface area contributed by atoms with Gasteiger partial charge in [0, 0.05) is 29.5 Å². The van der Waals surface area contributed by atoms with Gasteiger partial charge in [-0.25, -0.2) is 13.4 Å². The van der Waals surface area contributed by atoms with E-state index in [1.54, 1.807) is 17.6 Å². The first-order chi connectivity index (χ1) is 14.6. The third kappa shape index (κ3) is 3.67. The highest BCUT2D eigenvalue weighted by molar-refractivity contribution is 7.89. The summed E-state index contributed by atoms with van der Waals surface area (Å²) in [7, 11) is -3.90. The Morgan fingerprint density at radius 3 is 2.67 bits per heavy atom. The quantitative estimate of drug-likeness (QED) is 0.500. The Labute approximate surface area is 177 Å². The van der Waals surface area contributed by atoms with Crippen LogP contribution in [0.3, 0.4) is 0 Å². The molecule has 1 N–H and O–H groups in total. The van der Waals surface area contributed by atoms with Gasteiger partial charge in [0.2, 0.25) is 10.0 Å². The van der Waals surface area contributed by atoms with Crippen LogP contribution in [0.25, 0.3) is 11.0 Å². The Kier molecular flexibility index (Phi) is 4.93. The van der Waals surface area contributed by atoms with Gasteiger partial charge in [0.15, 0.2) is 11.5 Å². The van der Waals surface area contributed by atoms with Crippen LogP contribution in [-0.2, 0) is 10.0 Å². The molecule has 5 rings (SSSR count). The Morgan fingerprint density at radius 2 is 1.87 bits per heavy atom. The van der Waals surface area contributed by atoms with Crippen molar-refractivity contribution in [1.82, 2.24) is 9.71 Å². The minimum atomic E-state index is -3.90. The van der Waals surface area contributed by atoms with E-state index in [0.717, 1.165) is 11.8 Å². The zero-order valence-electron chi connectivity index (χ0n) is 15.8. The molecular formula is C21H18N2O5S2. The average molecular weight is 443 g/mol. The summed E-state index contributed by atoms with van der Waals surface area (Å²) in [5.74, 6) is 1.44. The van der Waals surface area contributed by atoms with E-state index in [0.29, 0.717) is 41.1 Å². The number of hydrogen-bond donors (Lipinski definition) is 1.